The van der Waals surface area contributed by atoms with Gasteiger partial charge in [-0.05, 0) is 36.5 Å². The standard InChI is InChI=1S/C22H27N5O3S/c1-5-11-26(12-6-2)31(29,30)18-9-7-16(8-10-18)20-19(15(3)4)22(28)27-21(25-20)17(13-23)14-24-27/h7-10,14-15,25H,5-6,11-12H2,1-4H3. The maximum absolute atomic E-state index is 13.0. The van der Waals surface area contributed by atoms with E-state index in [9.17, 15) is 18.5 Å². The molecule has 0 aliphatic rings. The van der Waals surface area contributed by atoms with Gasteiger partial charge in [0, 0.05) is 18.7 Å². The number of benzene rings is 1. The molecule has 0 aliphatic carbocycles. The smallest absolute Gasteiger partial charge is 0.278 e. The molecule has 0 atom stereocenters. The Balaban J connectivity index is 2.13. The van der Waals surface area contributed by atoms with Crippen LogP contribution in [-0.4, -0.2) is 40.4 Å². The van der Waals surface area contributed by atoms with E-state index in [0.717, 1.165) is 12.8 Å². The first-order valence-electron chi connectivity index (χ1n) is 10.4. The zero-order valence-corrected chi connectivity index (χ0v) is 19.0. The van der Waals surface area contributed by atoms with E-state index >= 15 is 0 Å². The summed E-state index contributed by atoms with van der Waals surface area (Å²) in [4.78, 5) is 16.4. The van der Waals surface area contributed by atoms with Crippen LogP contribution in [0.15, 0.2) is 40.2 Å². The maximum atomic E-state index is 13.0. The average molecular weight is 442 g/mol. The third kappa shape index (κ3) is 4.13. The van der Waals surface area contributed by atoms with Crippen molar-refractivity contribution in [3.05, 3.63) is 51.9 Å². The minimum absolute atomic E-state index is 0.106. The minimum atomic E-state index is -3.59. The van der Waals surface area contributed by atoms with Gasteiger partial charge in [-0.3, -0.25) is 4.79 Å². The summed E-state index contributed by atoms with van der Waals surface area (Å²) in [6.07, 6.45) is 2.83. The second kappa shape index (κ2) is 9.04. The van der Waals surface area contributed by atoms with Gasteiger partial charge in [-0.2, -0.15) is 19.2 Å². The molecule has 0 radical (unpaired) electrons. The highest BCUT2D eigenvalue weighted by molar-refractivity contribution is 7.89. The number of H-pyrrole nitrogens is 1. The summed E-state index contributed by atoms with van der Waals surface area (Å²) in [5.41, 5.74) is 2.05. The van der Waals surface area contributed by atoms with Gasteiger partial charge < -0.3 is 4.98 Å². The van der Waals surface area contributed by atoms with Crippen LogP contribution in [0.2, 0.25) is 0 Å². The van der Waals surface area contributed by atoms with Crippen molar-refractivity contribution in [2.75, 3.05) is 13.1 Å². The second-order valence-electron chi connectivity index (χ2n) is 7.73. The minimum Gasteiger partial charge on any atom is -0.338 e. The Hall–Kier alpha value is -2.96. The van der Waals surface area contributed by atoms with Crippen molar-refractivity contribution in [3.63, 3.8) is 0 Å². The van der Waals surface area contributed by atoms with E-state index in [0.29, 0.717) is 35.6 Å². The van der Waals surface area contributed by atoms with Gasteiger partial charge in [-0.25, -0.2) is 8.42 Å². The van der Waals surface area contributed by atoms with Gasteiger partial charge in [0.25, 0.3) is 5.56 Å². The van der Waals surface area contributed by atoms with Crippen molar-refractivity contribution < 1.29 is 8.42 Å². The summed E-state index contributed by atoms with van der Waals surface area (Å²) in [5.74, 6) is -0.106. The molecule has 1 aromatic carbocycles. The van der Waals surface area contributed by atoms with Crippen LogP contribution in [0, 0.1) is 11.3 Å². The summed E-state index contributed by atoms with van der Waals surface area (Å²) in [6, 6.07) is 8.55. The molecule has 0 aliphatic heterocycles. The number of nitrogens with zero attached hydrogens (tertiary/aromatic N) is 4. The van der Waals surface area contributed by atoms with Crippen LogP contribution in [0.3, 0.4) is 0 Å². The highest BCUT2D eigenvalue weighted by atomic mass is 32.2. The predicted octanol–water partition coefficient (Wildman–Crippen LogP) is 3.50. The fraction of sp³-hybridized carbons (Fsp3) is 0.409. The number of nitriles is 1. The largest absolute Gasteiger partial charge is 0.338 e. The van der Waals surface area contributed by atoms with Crippen molar-refractivity contribution in [3.8, 4) is 17.3 Å². The number of hydrogen-bond acceptors (Lipinski definition) is 5. The van der Waals surface area contributed by atoms with Crippen LogP contribution < -0.4 is 5.56 Å². The molecule has 0 saturated carbocycles. The SMILES string of the molecule is CCCN(CCC)S(=O)(=O)c1ccc(-c2[nH]c3c(C#N)cnn3c(=O)c2C(C)C)cc1. The first kappa shape index (κ1) is 22.7. The van der Waals surface area contributed by atoms with Crippen LogP contribution in [0.5, 0.6) is 0 Å². The zero-order chi connectivity index (χ0) is 22.8. The molecule has 0 spiro atoms. The molecule has 0 amide bonds. The molecule has 31 heavy (non-hydrogen) atoms. The number of sulfonamides is 1. The molecule has 8 nitrogen and oxygen atoms in total. The fourth-order valence-corrected chi connectivity index (χ4v) is 5.29. The van der Waals surface area contributed by atoms with Crippen LogP contribution in [0.4, 0.5) is 0 Å². The molecule has 9 heteroatoms. The summed E-state index contributed by atoms with van der Waals surface area (Å²) in [7, 11) is -3.59. The van der Waals surface area contributed by atoms with Crippen molar-refractivity contribution >= 4 is 15.7 Å². The Labute approximate surface area is 182 Å². The van der Waals surface area contributed by atoms with E-state index in [4.69, 9.17) is 0 Å². The molecule has 0 saturated heterocycles. The van der Waals surface area contributed by atoms with E-state index < -0.39 is 10.0 Å². The second-order valence-corrected chi connectivity index (χ2v) is 9.67. The Morgan fingerprint density at radius 3 is 2.29 bits per heavy atom. The zero-order valence-electron chi connectivity index (χ0n) is 18.2. The Morgan fingerprint density at radius 1 is 1.16 bits per heavy atom. The lowest BCUT2D eigenvalue weighted by Crippen LogP contribution is -2.32. The molecule has 3 rings (SSSR count). The number of nitrogens with one attached hydrogen (secondary N) is 1. The Morgan fingerprint density at radius 2 is 1.77 bits per heavy atom. The molecule has 0 bridgehead atoms. The number of fused-ring (bicyclic) bond motifs is 1. The highest BCUT2D eigenvalue weighted by Crippen LogP contribution is 2.28. The van der Waals surface area contributed by atoms with Crippen molar-refractivity contribution in [2.24, 2.45) is 0 Å². The predicted molar refractivity (Wildman–Crippen MR) is 119 cm³/mol. The molecule has 0 fully saturated rings. The van der Waals surface area contributed by atoms with E-state index in [1.165, 1.54) is 15.0 Å². The van der Waals surface area contributed by atoms with Gasteiger partial charge in [0.05, 0.1) is 16.8 Å². The summed E-state index contributed by atoms with van der Waals surface area (Å²) in [5, 5.41) is 13.4. The summed E-state index contributed by atoms with van der Waals surface area (Å²) in [6.45, 7) is 8.65. The summed E-state index contributed by atoms with van der Waals surface area (Å²) >= 11 is 0. The quantitative estimate of drug-likeness (QED) is 0.575. The van der Waals surface area contributed by atoms with Gasteiger partial charge in [-0.15, -0.1) is 0 Å². The molecular weight excluding hydrogens is 414 g/mol. The van der Waals surface area contributed by atoms with E-state index in [1.54, 1.807) is 24.3 Å². The lowest BCUT2D eigenvalue weighted by Gasteiger charge is -2.21. The molecule has 3 aromatic rings. The van der Waals surface area contributed by atoms with Crippen molar-refractivity contribution in [1.82, 2.24) is 18.9 Å². The van der Waals surface area contributed by atoms with Gasteiger partial charge >= 0.3 is 0 Å². The van der Waals surface area contributed by atoms with Crippen molar-refractivity contribution in [1.29, 1.82) is 5.26 Å². The first-order chi connectivity index (χ1) is 14.8. The third-order valence-electron chi connectivity index (χ3n) is 5.13. The van der Waals surface area contributed by atoms with Crippen molar-refractivity contribution in [2.45, 2.75) is 51.3 Å². The molecule has 2 heterocycles. The Bertz CT molecular complexity index is 1280. The number of aromatic nitrogens is 3. The van der Waals surface area contributed by atoms with Crippen LogP contribution in [-0.2, 0) is 10.0 Å². The van der Waals surface area contributed by atoms with Gasteiger partial charge in [0.1, 0.15) is 11.6 Å². The highest BCUT2D eigenvalue weighted by Gasteiger charge is 2.24. The maximum Gasteiger partial charge on any atom is 0.278 e. The first-order valence-corrected chi connectivity index (χ1v) is 11.8. The van der Waals surface area contributed by atoms with Crippen LogP contribution in [0.25, 0.3) is 16.9 Å². The topological polar surface area (TPSA) is 111 Å². The molecule has 2 aromatic heterocycles. The normalized spacial score (nSPS) is 12.0. The Kier molecular flexibility index (Phi) is 6.62. The fourth-order valence-electron chi connectivity index (χ4n) is 3.67. The number of aromatic amines is 1. The molecular formula is C22H27N5O3S. The lowest BCUT2D eigenvalue weighted by molar-refractivity contribution is 0.410. The number of rotatable bonds is 8. The molecule has 0 unspecified atom stereocenters. The van der Waals surface area contributed by atoms with Crippen LogP contribution >= 0.6 is 0 Å². The molecule has 1 N–H and O–H groups in total. The monoisotopic (exact) mass is 441 g/mol. The van der Waals surface area contributed by atoms with E-state index in [1.807, 2.05) is 33.8 Å². The van der Waals surface area contributed by atoms with Gasteiger partial charge in [0.15, 0.2) is 5.65 Å². The lowest BCUT2D eigenvalue weighted by atomic mass is 9.98. The third-order valence-corrected chi connectivity index (χ3v) is 7.04. The van der Waals surface area contributed by atoms with Gasteiger partial charge in [-0.1, -0.05) is 39.8 Å². The van der Waals surface area contributed by atoms with Gasteiger partial charge in [0.2, 0.25) is 10.0 Å². The molecule has 164 valence electrons. The van der Waals surface area contributed by atoms with Crippen LogP contribution in [0.1, 0.15) is 57.6 Å². The number of hydrogen-bond donors (Lipinski definition) is 1. The summed E-state index contributed by atoms with van der Waals surface area (Å²) < 4.78 is 28.8. The van der Waals surface area contributed by atoms with E-state index in [-0.39, 0.29) is 21.9 Å². The average Bonchev–Trinajstić information content (AvgIpc) is 3.16. The van der Waals surface area contributed by atoms with E-state index in [2.05, 4.69) is 10.1 Å².